The summed E-state index contributed by atoms with van der Waals surface area (Å²) < 4.78 is 0. The van der Waals surface area contributed by atoms with Gasteiger partial charge in [0, 0.05) is 30.2 Å². The number of benzene rings is 2. The van der Waals surface area contributed by atoms with Crippen molar-refractivity contribution in [1.82, 2.24) is 5.32 Å². The van der Waals surface area contributed by atoms with Crippen molar-refractivity contribution >= 4 is 40.7 Å². The van der Waals surface area contributed by atoms with Gasteiger partial charge in [-0.2, -0.15) is 0 Å². The first-order valence-electron chi connectivity index (χ1n) is 9.26. The van der Waals surface area contributed by atoms with Crippen LogP contribution in [0.5, 0.6) is 0 Å². The number of hydrogen-bond donors (Lipinski definition) is 2. The monoisotopic (exact) mass is 411 g/mol. The summed E-state index contributed by atoms with van der Waals surface area (Å²) in [7, 11) is 0. The predicted molar refractivity (Wildman–Crippen MR) is 114 cm³/mol. The highest BCUT2D eigenvalue weighted by Crippen LogP contribution is 2.32. The van der Waals surface area contributed by atoms with Crippen LogP contribution in [-0.4, -0.2) is 30.8 Å². The minimum Gasteiger partial charge on any atom is -0.349 e. The highest BCUT2D eigenvalue weighted by Gasteiger charge is 2.36. The van der Waals surface area contributed by atoms with Gasteiger partial charge in [0.2, 0.25) is 11.8 Å². The summed E-state index contributed by atoms with van der Waals surface area (Å²) in [6.07, 6.45) is 1.68. The molecule has 2 N–H and O–H groups in total. The number of rotatable bonds is 6. The van der Waals surface area contributed by atoms with Gasteiger partial charge in [0.25, 0.3) is 5.91 Å². The molecule has 2 aromatic carbocycles. The molecule has 0 radical (unpaired) electrons. The second-order valence-electron chi connectivity index (χ2n) is 6.82. The number of anilines is 2. The van der Waals surface area contributed by atoms with E-state index in [1.54, 1.807) is 47.4 Å². The van der Waals surface area contributed by atoms with Crippen LogP contribution in [0.3, 0.4) is 0 Å². The molecule has 0 spiro atoms. The second kappa shape index (κ2) is 8.92. The largest absolute Gasteiger partial charge is 0.349 e. The van der Waals surface area contributed by atoms with E-state index in [1.807, 2.05) is 13.0 Å². The van der Waals surface area contributed by atoms with Crippen molar-refractivity contribution in [1.29, 1.82) is 0 Å². The van der Waals surface area contributed by atoms with E-state index < -0.39 is 5.92 Å². The summed E-state index contributed by atoms with van der Waals surface area (Å²) in [5, 5.41) is 6.07. The number of hydrogen-bond acceptors (Lipinski definition) is 3. The fourth-order valence-corrected chi connectivity index (χ4v) is 3.46. The first kappa shape index (κ1) is 20.6. The third-order valence-corrected chi connectivity index (χ3v) is 5.27. The van der Waals surface area contributed by atoms with Gasteiger partial charge in [-0.15, -0.1) is 6.58 Å². The Kier molecular flexibility index (Phi) is 6.34. The van der Waals surface area contributed by atoms with Crippen LogP contribution in [0.4, 0.5) is 11.4 Å². The molecule has 29 heavy (non-hydrogen) atoms. The Bertz CT molecular complexity index is 974. The number of amides is 3. The quantitative estimate of drug-likeness (QED) is 0.713. The Morgan fingerprint density at radius 2 is 2.00 bits per heavy atom. The fourth-order valence-electron chi connectivity index (χ4n) is 3.29. The van der Waals surface area contributed by atoms with Crippen LogP contribution < -0.4 is 15.5 Å². The summed E-state index contributed by atoms with van der Waals surface area (Å²) in [5.74, 6) is -1.26. The topological polar surface area (TPSA) is 78.5 Å². The Morgan fingerprint density at radius 1 is 1.24 bits per heavy atom. The van der Waals surface area contributed by atoms with Gasteiger partial charge in [-0.1, -0.05) is 35.9 Å². The molecule has 0 unspecified atom stereocenters. The molecule has 1 saturated heterocycles. The van der Waals surface area contributed by atoms with Gasteiger partial charge in [0.15, 0.2) is 0 Å². The molecule has 0 aromatic heterocycles. The Morgan fingerprint density at radius 3 is 2.76 bits per heavy atom. The van der Waals surface area contributed by atoms with Crippen LogP contribution in [0.15, 0.2) is 55.1 Å². The van der Waals surface area contributed by atoms with E-state index in [1.165, 1.54) is 0 Å². The number of halogens is 1. The lowest BCUT2D eigenvalue weighted by Crippen LogP contribution is -2.30. The first-order chi connectivity index (χ1) is 13.9. The van der Waals surface area contributed by atoms with Gasteiger partial charge < -0.3 is 15.5 Å². The molecule has 7 heteroatoms. The van der Waals surface area contributed by atoms with Crippen molar-refractivity contribution in [2.75, 3.05) is 23.3 Å². The molecular weight excluding hydrogens is 390 g/mol. The van der Waals surface area contributed by atoms with E-state index in [4.69, 9.17) is 11.6 Å². The van der Waals surface area contributed by atoms with Crippen molar-refractivity contribution in [3.63, 3.8) is 0 Å². The second-order valence-corrected chi connectivity index (χ2v) is 7.23. The standard InChI is InChI=1S/C22H22ClN3O3/c1-3-11-24-22(29)16-7-4-5-9-18(16)25-21(28)15-12-20(27)26(13-15)19-10-6-8-17(23)14(19)2/h3-10,15H,1,11-13H2,2H3,(H,24,29)(H,25,28)/t15-/m0/s1. The minimum atomic E-state index is -0.523. The van der Waals surface area contributed by atoms with E-state index in [9.17, 15) is 14.4 Å². The summed E-state index contributed by atoms with van der Waals surface area (Å²) >= 11 is 6.17. The van der Waals surface area contributed by atoms with Crippen LogP contribution in [-0.2, 0) is 9.59 Å². The molecule has 1 heterocycles. The lowest BCUT2D eigenvalue weighted by atomic mass is 10.1. The predicted octanol–water partition coefficient (Wildman–Crippen LogP) is 3.56. The maximum atomic E-state index is 12.8. The summed E-state index contributed by atoms with van der Waals surface area (Å²) in [5.41, 5.74) is 2.27. The number of nitrogens with one attached hydrogen (secondary N) is 2. The molecule has 3 amide bonds. The molecule has 0 bridgehead atoms. The van der Waals surface area contributed by atoms with Crippen molar-refractivity contribution < 1.29 is 14.4 Å². The van der Waals surface area contributed by atoms with Gasteiger partial charge >= 0.3 is 0 Å². The third kappa shape index (κ3) is 4.49. The van der Waals surface area contributed by atoms with Crippen molar-refractivity contribution in [3.8, 4) is 0 Å². The Hall–Kier alpha value is -3.12. The maximum absolute atomic E-state index is 12.8. The lowest BCUT2D eigenvalue weighted by Gasteiger charge is -2.20. The van der Waals surface area contributed by atoms with Gasteiger partial charge in [-0.3, -0.25) is 14.4 Å². The zero-order valence-electron chi connectivity index (χ0n) is 16.1. The summed E-state index contributed by atoms with van der Waals surface area (Å²) in [6, 6.07) is 12.1. The zero-order chi connectivity index (χ0) is 21.0. The Balaban J connectivity index is 1.74. The third-order valence-electron chi connectivity index (χ3n) is 4.86. The number of para-hydroxylation sites is 1. The Labute approximate surface area is 174 Å². The number of carbonyl (C=O) groups excluding carboxylic acids is 3. The molecule has 1 fully saturated rings. The fraction of sp³-hybridized carbons (Fsp3) is 0.227. The highest BCUT2D eigenvalue weighted by atomic mass is 35.5. The maximum Gasteiger partial charge on any atom is 0.253 e. The van der Waals surface area contributed by atoms with E-state index in [0.29, 0.717) is 28.5 Å². The minimum absolute atomic E-state index is 0.0998. The van der Waals surface area contributed by atoms with Crippen LogP contribution in [0.2, 0.25) is 5.02 Å². The smallest absolute Gasteiger partial charge is 0.253 e. The van der Waals surface area contributed by atoms with Crippen LogP contribution >= 0.6 is 11.6 Å². The highest BCUT2D eigenvalue weighted by molar-refractivity contribution is 6.31. The molecule has 0 saturated carbocycles. The average molecular weight is 412 g/mol. The van der Waals surface area contributed by atoms with Gasteiger partial charge in [-0.25, -0.2) is 0 Å². The van der Waals surface area contributed by atoms with Crippen LogP contribution in [0.25, 0.3) is 0 Å². The molecule has 1 aliphatic rings. The number of nitrogens with zero attached hydrogens (tertiary/aromatic N) is 1. The van der Waals surface area contributed by atoms with Crippen molar-refractivity contribution in [2.45, 2.75) is 13.3 Å². The molecule has 150 valence electrons. The van der Waals surface area contributed by atoms with Gasteiger partial charge in [-0.05, 0) is 36.8 Å². The first-order valence-corrected chi connectivity index (χ1v) is 9.64. The van der Waals surface area contributed by atoms with Gasteiger partial charge in [0.05, 0.1) is 17.2 Å². The zero-order valence-corrected chi connectivity index (χ0v) is 16.8. The molecule has 2 aromatic rings. The van der Waals surface area contributed by atoms with Gasteiger partial charge in [0.1, 0.15) is 0 Å². The molecule has 3 rings (SSSR count). The molecule has 1 aliphatic heterocycles. The van der Waals surface area contributed by atoms with E-state index in [2.05, 4.69) is 17.2 Å². The van der Waals surface area contributed by atoms with Crippen molar-refractivity contribution in [3.05, 3.63) is 71.3 Å². The average Bonchev–Trinajstić information content (AvgIpc) is 3.10. The normalized spacial score (nSPS) is 15.9. The van der Waals surface area contributed by atoms with Crippen molar-refractivity contribution in [2.24, 2.45) is 5.92 Å². The number of carbonyl (C=O) groups is 3. The lowest BCUT2D eigenvalue weighted by molar-refractivity contribution is -0.122. The molecule has 1 atom stereocenters. The molecule has 0 aliphatic carbocycles. The van der Waals surface area contributed by atoms with E-state index in [0.717, 1.165) is 5.56 Å². The summed E-state index contributed by atoms with van der Waals surface area (Å²) in [4.78, 5) is 39.2. The molecule has 6 nitrogen and oxygen atoms in total. The van der Waals surface area contributed by atoms with E-state index >= 15 is 0 Å². The summed E-state index contributed by atoms with van der Waals surface area (Å²) in [6.45, 7) is 6.00. The molecular formula is C22H22ClN3O3. The van der Waals surface area contributed by atoms with E-state index in [-0.39, 0.29) is 30.7 Å². The van der Waals surface area contributed by atoms with Crippen LogP contribution in [0.1, 0.15) is 22.3 Å². The SMILES string of the molecule is C=CCNC(=O)c1ccccc1NC(=O)[C@H]1CC(=O)N(c2cccc(Cl)c2C)C1. The van der Waals surface area contributed by atoms with Crippen LogP contribution in [0, 0.1) is 12.8 Å².